The number of esters is 2. The van der Waals surface area contributed by atoms with E-state index in [1.165, 1.54) is 0 Å². The average molecular weight is 378 g/mol. The molecule has 0 radical (unpaired) electrons. The molecule has 0 spiro atoms. The molecular weight excluding hydrogens is 356 g/mol. The molecule has 0 saturated carbocycles. The molecule has 0 saturated heterocycles. The fourth-order valence-corrected chi connectivity index (χ4v) is 2.47. The molecule has 0 aliphatic carbocycles. The molecule has 2 aromatic rings. The van der Waals surface area contributed by atoms with Crippen LogP contribution in [-0.4, -0.2) is 30.9 Å². The molecule has 0 amide bonds. The van der Waals surface area contributed by atoms with Gasteiger partial charge in [-0.2, -0.15) is 0 Å². The van der Waals surface area contributed by atoms with E-state index in [2.05, 4.69) is 13.2 Å². The Bertz CT molecular complexity index is 776. The molecule has 0 atom stereocenters. The lowest BCUT2D eigenvalue weighted by molar-refractivity contribution is -0.138. The van der Waals surface area contributed by atoms with Gasteiger partial charge in [-0.15, -0.1) is 0 Å². The first-order valence-electron chi connectivity index (χ1n) is 8.84. The summed E-state index contributed by atoms with van der Waals surface area (Å²) in [5.74, 6) is -0.975. The summed E-state index contributed by atoms with van der Waals surface area (Å²) in [4.78, 5) is 34.6. The minimum atomic E-state index is -0.450. The summed E-state index contributed by atoms with van der Waals surface area (Å²) in [6.45, 7) is 7.21. The predicted octanol–water partition coefficient (Wildman–Crippen LogP) is 3.46. The average Bonchev–Trinajstić information content (AvgIpc) is 2.74. The zero-order valence-electron chi connectivity index (χ0n) is 15.6. The zero-order valence-corrected chi connectivity index (χ0v) is 15.6. The summed E-state index contributed by atoms with van der Waals surface area (Å²) in [7, 11) is 0. The van der Waals surface area contributed by atoms with Crippen molar-refractivity contribution in [2.45, 2.75) is 12.8 Å². The van der Waals surface area contributed by atoms with Crippen molar-refractivity contribution in [3.63, 3.8) is 0 Å². The molecule has 0 N–H and O–H groups in total. The number of hydrogen-bond donors (Lipinski definition) is 0. The van der Waals surface area contributed by atoms with Crippen LogP contribution in [-0.2, 0) is 31.9 Å². The van der Waals surface area contributed by atoms with Crippen LogP contribution in [0.15, 0.2) is 73.8 Å². The molecule has 0 aliphatic heterocycles. The van der Waals surface area contributed by atoms with Crippen LogP contribution >= 0.6 is 0 Å². The summed E-state index contributed by atoms with van der Waals surface area (Å²) >= 11 is 0. The maximum absolute atomic E-state index is 12.6. The third-order valence-corrected chi connectivity index (χ3v) is 4.04. The fourth-order valence-electron chi connectivity index (χ4n) is 2.47. The largest absolute Gasteiger partial charge is 0.462 e. The van der Waals surface area contributed by atoms with E-state index in [1.54, 1.807) is 24.3 Å². The molecule has 28 heavy (non-hydrogen) atoms. The van der Waals surface area contributed by atoms with Gasteiger partial charge in [-0.1, -0.05) is 61.7 Å². The minimum Gasteiger partial charge on any atom is -0.462 e. The van der Waals surface area contributed by atoms with Gasteiger partial charge in [0, 0.05) is 36.1 Å². The molecule has 0 unspecified atom stereocenters. The van der Waals surface area contributed by atoms with Gasteiger partial charge in [0.25, 0.3) is 0 Å². The maximum atomic E-state index is 12.6. The van der Waals surface area contributed by atoms with Crippen molar-refractivity contribution in [3.05, 3.63) is 96.1 Å². The van der Waals surface area contributed by atoms with Gasteiger partial charge in [0.1, 0.15) is 0 Å². The van der Waals surface area contributed by atoms with Gasteiger partial charge >= 0.3 is 11.9 Å². The maximum Gasteiger partial charge on any atom is 0.330 e. The number of carbonyl (C=O) groups is 3. The van der Waals surface area contributed by atoms with Gasteiger partial charge in [-0.25, -0.2) is 9.59 Å². The van der Waals surface area contributed by atoms with Gasteiger partial charge in [-0.3, -0.25) is 4.79 Å². The highest BCUT2D eigenvalue weighted by Gasteiger charge is 2.09. The monoisotopic (exact) mass is 378 g/mol. The van der Waals surface area contributed by atoms with Crippen LogP contribution in [0.25, 0.3) is 0 Å². The molecule has 5 nitrogen and oxygen atoms in total. The SMILES string of the molecule is C=CC(=O)OCCc1ccc(C(=O)c2ccc(CCOC(=O)C=C)cc2)cc1. The van der Waals surface area contributed by atoms with Crippen LogP contribution in [0.1, 0.15) is 27.0 Å². The van der Waals surface area contributed by atoms with Crippen LogP contribution in [0, 0.1) is 0 Å². The van der Waals surface area contributed by atoms with E-state index in [0.29, 0.717) is 24.0 Å². The van der Waals surface area contributed by atoms with Crippen molar-refractivity contribution in [1.29, 1.82) is 0 Å². The highest BCUT2D eigenvalue weighted by atomic mass is 16.5. The lowest BCUT2D eigenvalue weighted by atomic mass is 10.00. The Kier molecular flexibility index (Phi) is 7.91. The van der Waals surface area contributed by atoms with Gasteiger partial charge in [0.05, 0.1) is 13.2 Å². The number of rotatable bonds is 10. The molecule has 0 heterocycles. The number of ether oxygens (including phenoxy) is 2. The smallest absolute Gasteiger partial charge is 0.330 e. The Morgan fingerprint density at radius 1 is 0.679 bits per heavy atom. The van der Waals surface area contributed by atoms with E-state index in [4.69, 9.17) is 9.47 Å². The summed E-state index contributed by atoms with van der Waals surface area (Å²) in [5, 5.41) is 0. The number of carbonyl (C=O) groups excluding carboxylic acids is 3. The van der Waals surface area contributed by atoms with Crippen molar-refractivity contribution in [3.8, 4) is 0 Å². The Morgan fingerprint density at radius 2 is 1.04 bits per heavy atom. The lowest BCUT2D eigenvalue weighted by Gasteiger charge is -2.06. The van der Waals surface area contributed by atoms with Crippen molar-refractivity contribution >= 4 is 17.7 Å². The summed E-state index contributed by atoms with van der Waals surface area (Å²) in [6, 6.07) is 14.4. The highest BCUT2D eigenvalue weighted by Crippen LogP contribution is 2.13. The molecule has 0 aromatic heterocycles. The molecule has 0 bridgehead atoms. The Hall–Kier alpha value is -3.47. The molecular formula is C23H22O5. The summed E-state index contributed by atoms with van der Waals surface area (Å²) in [5.41, 5.74) is 3.11. The predicted molar refractivity (Wildman–Crippen MR) is 106 cm³/mol. The van der Waals surface area contributed by atoms with E-state index in [-0.39, 0.29) is 19.0 Å². The fraction of sp³-hybridized carbons (Fsp3) is 0.174. The zero-order chi connectivity index (χ0) is 20.4. The molecule has 0 fully saturated rings. The van der Waals surface area contributed by atoms with Crippen LogP contribution in [0.3, 0.4) is 0 Å². The second-order valence-electron chi connectivity index (χ2n) is 5.97. The molecule has 144 valence electrons. The first-order chi connectivity index (χ1) is 13.5. The molecule has 2 rings (SSSR count). The Morgan fingerprint density at radius 3 is 1.36 bits per heavy atom. The van der Waals surface area contributed by atoms with Crippen LogP contribution in [0.4, 0.5) is 0 Å². The van der Waals surface area contributed by atoms with Crippen molar-refractivity contribution in [2.24, 2.45) is 0 Å². The minimum absolute atomic E-state index is 0.0747. The summed E-state index contributed by atoms with van der Waals surface area (Å²) in [6.07, 6.45) is 3.39. The number of hydrogen-bond acceptors (Lipinski definition) is 5. The third kappa shape index (κ3) is 6.36. The first kappa shape index (κ1) is 20.8. The van der Waals surface area contributed by atoms with E-state index in [9.17, 15) is 14.4 Å². The Labute approximate surface area is 164 Å². The topological polar surface area (TPSA) is 69.7 Å². The van der Waals surface area contributed by atoms with Crippen LogP contribution < -0.4 is 0 Å². The van der Waals surface area contributed by atoms with E-state index in [0.717, 1.165) is 23.3 Å². The second-order valence-corrected chi connectivity index (χ2v) is 5.97. The van der Waals surface area contributed by atoms with E-state index in [1.807, 2.05) is 24.3 Å². The Balaban J connectivity index is 1.90. The molecule has 2 aromatic carbocycles. The van der Waals surface area contributed by atoms with Crippen molar-refractivity contribution in [1.82, 2.24) is 0 Å². The second kappa shape index (κ2) is 10.6. The van der Waals surface area contributed by atoms with Crippen molar-refractivity contribution in [2.75, 3.05) is 13.2 Å². The van der Waals surface area contributed by atoms with Crippen LogP contribution in [0.5, 0.6) is 0 Å². The quantitative estimate of drug-likeness (QED) is 0.360. The highest BCUT2D eigenvalue weighted by molar-refractivity contribution is 6.09. The number of ketones is 1. The van der Waals surface area contributed by atoms with E-state index < -0.39 is 11.9 Å². The van der Waals surface area contributed by atoms with E-state index >= 15 is 0 Å². The van der Waals surface area contributed by atoms with Gasteiger partial charge in [-0.05, 0) is 11.1 Å². The standard InChI is InChI=1S/C23H22O5/c1-3-21(24)27-15-13-17-5-9-19(10-6-17)23(26)20-11-7-18(8-12-20)14-16-28-22(25)4-2/h3-12H,1-2,13-16H2. The lowest BCUT2D eigenvalue weighted by Crippen LogP contribution is -2.06. The van der Waals surface area contributed by atoms with Gasteiger partial charge < -0.3 is 9.47 Å². The summed E-state index contributed by atoms with van der Waals surface area (Å²) < 4.78 is 9.89. The van der Waals surface area contributed by atoms with Crippen molar-refractivity contribution < 1.29 is 23.9 Å². The van der Waals surface area contributed by atoms with Crippen LogP contribution in [0.2, 0.25) is 0 Å². The first-order valence-corrected chi connectivity index (χ1v) is 8.84. The third-order valence-electron chi connectivity index (χ3n) is 4.04. The normalized spacial score (nSPS) is 10.0. The number of benzene rings is 2. The van der Waals surface area contributed by atoms with Gasteiger partial charge in [0.2, 0.25) is 0 Å². The van der Waals surface area contributed by atoms with Gasteiger partial charge in [0.15, 0.2) is 5.78 Å². The molecule has 0 aliphatic rings. The molecule has 5 heteroatoms.